The van der Waals surface area contributed by atoms with E-state index >= 15 is 0 Å². The molecule has 0 saturated heterocycles. The van der Waals surface area contributed by atoms with Gasteiger partial charge in [0, 0.05) is 6.54 Å². The minimum absolute atomic E-state index is 0.0294. The van der Waals surface area contributed by atoms with E-state index in [1.165, 1.54) is 20.3 Å². The molecule has 0 radical (unpaired) electrons. The van der Waals surface area contributed by atoms with Crippen LogP contribution in [0.3, 0.4) is 0 Å². The number of nitrogens with zero attached hydrogens (tertiary/aromatic N) is 1. The maximum Gasteiger partial charge on any atom is 0.387 e. The van der Waals surface area contributed by atoms with Crippen LogP contribution >= 0.6 is 0 Å². The topological polar surface area (TPSA) is 60.0 Å². The van der Waals surface area contributed by atoms with Crippen molar-refractivity contribution in [1.29, 1.82) is 0 Å². The molecule has 0 aliphatic carbocycles. The second-order valence-electron chi connectivity index (χ2n) is 5.92. The monoisotopic (exact) mass is 394 g/mol. The Balaban J connectivity index is 2.02. The van der Waals surface area contributed by atoms with Crippen molar-refractivity contribution in [2.24, 2.45) is 0 Å². The summed E-state index contributed by atoms with van der Waals surface area (Å²) in [6, 6.07) is 11.9. The smallest absolute Gasteiger partial charge is 0.387 e. The molecule has 0 atom stereocenters. The van der Waals surface area contributed by atoms with Crippen molar-refractivity contribution < 1.29 is 27.8 Å². The molecule has 2 aromatic rings. The van der Waals surface area contributed by atoms with E-state index in [1.54, 1.807) is 24.3 Å². The van der Waals surface area contributed by atoms with E-state index in [2.05, 4.69) is 10.1 Å². The molecular formula is C20H24F2N2O4. The lowest BCUT2D eigenvalue weighted by Gasteiger charge is -2.21. The van der Waals surface area contributed by atoms with Crippen molar-refractivity contribution in [3.05, 3.63) is 48.0 Å². The van der Waals surface area contributed by atoms with E-state index in [1.807, 2.05) is 24.0 Å². The lowest BCUT2D eigenvalue weighted by Crippen LogP contribution is -2.32. The third-order valence-electron chi connectivity index (χ3n) is 4.05. The highest BCUT2D eigenvalue weighted by Gasteiger charge is 2.15. The van der Waals surface area contributed by atoms with Crippen LogP contribution in [0.15, 0.2) is 42.5 Å². The third kappa shape index (κ3) is 6.09. The van der Waals surface area contributed by atoms with Crippen molar-refractivity contribution in [2.45, 2.75) is 20.1 Å². The molecule has 0 spiro atoms. The highest BCUT2D eigenvalue weighted by Crippen LogP contribution is 2.30. The number of rotatable bonds is 10. The van der Waals surface area contributed by atoms with Crippen LogP contribution in [0.4, 0.5) is 14.5 Å². The normalized spacial score (nSPS) is 10.8. The Bertz CT molecular complexity index is 787. The van der Waals surface area contributed by atoms with Gasteiger partial charge in [-0.2, -0.15) is 8.78 Å². The predicted octanol–water partition coefficient (Wildman–Crippen LogP) is 3.77. The largest absolute Gasteiger partial charge is 0.495 e. The van der Waals surface area contributed by atoms with E-state index < -0.39 is 6.61 Å². The van der Waals surface area contributed by atoms with Crippen LogP contribution < -0.4 is 19.5 Å². The number of hydrogen-bond donors (Lipinski definition) is 1. The van der Waals surface area contributed by atoms with Crippen LogP contribution in [0.5, 0.6) is 17.2 Å². The Kier molecular flexibility index (Phi) is 8.01. The molecule has 0 fully saturated rings. The van der Waals surface area contributed by atoms with E-state index in [0.29, 0.717) is 24.5 Å². The zero-order valence-electron chi connectivity index (χ0n) is 16.1. The molecule has 0 saturated carbocycles. The van der Waals surface area contributed by atoms with Crippen LogP contribution in [-0.2, 0) is 11.3 Å². The van der Waals surface area contributed by atoms with Gasteiger partial charge in [0.15, 0.2) is 11.5 Å². The summed E-state index contributed by atoms with van der Waals surface area (Å²) in [5.74, 6) is 0.583. The minimum atomic E-state index is -2.93. The molecule has 1 amide bonds. The van der Waals surface area contributed by atoms with Gasteiger partial charge in [0.25, 0.3) is 0 Å². The fourth-order valence-corrected chi connectivity index (χ4v) is 2.68. The van der Waals surface area contributed by atoms with E-state index in [4.69, 9.17) is 9.47 Å². The number of ether oxygens (including phenoxy) is 3. The first kappa shape index (κ1) is 21.4. The number of amides is 1. The van der Waals surface area contributed by atoms with Crippen molar-refractivity contribution in [3.63, 3.8) is 0 Å². The molecule has 2 aromatic carbocycles. The molecular weight excluding hydrogens is 370 g/mol. The number of anilines is 1. The number of alkyl halides is 2. The highest BCUT2D eigenvalue weighted by atomic mass is 19.3. The summed E-state index contributed by atoms with van der Waals surface area (Å²) in [5, 5.41) is 2.83. The Morgan fingerprint density at radius 3 is 2.43 bits per heavy atom. The van der Waals surface area contributed by atoms with Crippen LogP contribution in [0.25, 0.3) is 0 Å². The van der Waals surface area contributed by atoms with E-state index in [9.17, 15) is 13.6 Å². The molecule has 0 aromatic heterocycles. The quantitative estimate of drug-likeness (QED) is 0.665. The molecule has 28 heavy (non-hydrogen) atoms. The van der Waals surface area contributed by atoms with Crippen molar-refractivity contribution >= 4 is 11.6 Å². The minimum Gasteiger partial charge on any atom is -0.495 e. The number of nitrogens with one attached hydrogen (secondary N) is 1. The molecule has 152 valence electrons. The van der Waals surface area contributed by atoms with Gasteiger partial charge in [-0.1, -0.05) is 25.1 Å². The molecule has 8 heteroatoms. The number of likely N-dealkylation sites (N-methyl/N-ethyl adjacent to an activating group) is 1. The van der Waals surface area contributed by atoms with E-state index in [-0.39, 0.29) is 24.0 Å². The van der Waals surface area contributed by atoms with Crippen LogP contribution in [0.1, 0.15) is 12.5 Å². The number of hydrogen-bond acceptors (Lipinski definition) is 5. The Hall–Kier alpha value is -2.87. The second-order valence-corrected chi connectivity index (χ2v) is 5.92. The lowest BCUT2D eigenvalue weighted by molar-refractivity contribution is -0.117. The van der Waals surface area contributed by atoms with Crippen molar-refractivity contribution in [2.75, 3.05) is 32.6 Å². The number of carbonyl (C=O) groups is 1. The average Bonchev–Trinajstić information content (AvgIpc) is 2.68. The molecule has 0 aliphatic heterocycles. The van der Waals surface area contributed by atoms with Crippen molar-refractivity contribution in [3.8, 4) is 17.2 Å². The van der Waals surface area contributed by atoms with Gasteiger partial charge < -0.3 is 19.5 Å². The predicted molar refractivity (Wildman–Crippen MR) is 102 cm³/mol. The SMILES string of the molecule is CCN(CC(=O)Nc1ccccc1OC)Cc1ccc(OC(F)F)c(OC)c1. The molecule has 6 nitrogen and oxygen atoms in total. The first-order valence-electron chi connectivity index (χ1n) is 8.73. The molecule has 0 heterocycles. The third-order valence-corrected chi connectivity index (χ3v) is 4.05. The van der Waals surface area contributed by atoms with Crippen molar-refractivity contribution in [1.82, 2.24) is 4.90 Å². The second kappa shape index (κ2) is 10.5. The van der Waals surface area contributed by atoms with E-state index in [0.717, 1.165) is 5.56 Å². The zero-order chi connectivity index (χ0) is 20.5. The van der Waals surface area contributed by atoms with Gasteiger partial charge in [-0.25, -0.2) is 0 Å². The van der Waals surface area contributed by atoms with Gasteiger partial charge in [-0.15, -0.1) is 0 Å². The molecule has 2 rings (SSSR count). The van der Waals surface area contributed by atoms with Gasteiger partial charge in [0.2, 0.25) is 5.91 Å². The number of methoxy groups -OCH3 is 2. The number of para-hydroxylation sites is 2. The summed E-state index contributed by atoms with van der Waals surface area (Å²) in [7, 11) is 2.92. The van der Waals surface area contributed by atoms with Gasteiger partial charge in [-0.3, -0.25) is 9.69 Å². The highest BCUT2D eigenvalue weighted by molar-refractivity contribution is 5.93. The van der Waals surface area contributed by atoms with Crippen LogP contribution in [0, 0.1) is 0 Å². The standard InChI is InChI=1S/C20H24F2N2O4/c1-4-24(13-19(25)23-15-7-5-6-8-16(15)26-2)12-14-9-10-17(28-20(21)22)18(11-14)27-3/h5-11,20H,4,12-13H2,1-3H3,(H,23,25). The van der Waals surface area contributed by atoms with Gasteiger partial charge in [0.1, 0.15) is 5.75 Å². The summed E-state index contributed by atoms with van der Waals surface area (Å²) in [6.45, 7) is 0.233. The fourth-order valence-electron chi connectivity index (χ4n) is 2.68. The Labute approximate surface area is 163 Å². The molecule has 0 unspecified atom stereocenters. The molecule has 0 bridgehead atoms. The molecule has 1 N–H and O–H groups in total. The van der Waals surface area contributed by atoms with Gasteiger partial charge in [-0.05, 0) is 36.4 Å². The van der Waals surface area contributed by atoms with Gasteiger partial charge in [0.05, 0.1) is 26.5 Å². The maximum absolute atomic E-state index is 12.4. The first-order valence-corrected chi connectivity index (χ1v) is 8.73. The number of carbonyl (C=O) groups excluding carboxylic acids is 1. The van der Waals surface area contributed by atoms with Crippen LogP contribution in [-0.4, -0.2) is 44.7 Å². The zero-order valence-corrected chi connectivity index (χ0v) is 16.1. The average molecular weight is 394 g/mol. The maximum atomic E-state index is 12.4. The summed E-state index contributed by atoms with van der Waals surface area (Å²) in [5.41, 5.74) is 1.41. The summed E-state index contributed by atoms with van der Waals surface area (Å²) in [4.78, 5) is 14.3. The number of halogens is 2. The summed E-state index contributed by atoms with van der Waals surface area (Å²) in [6.07, 6.45) is 0. The summed E-state index contributed by atoms with van der Waals surface area (Å²) >= 11 is 0. The summed E-state index contributed by atoms with van der Waals surface area (Å²) < 4.78 is 39.7. The lowest BCUT2D eigenvalue weighted by atomic mass is 10.2. The Morgan fingerprint density at radius 1 is 1.07 bits per heavy atom. The molecule has 0 aliphatic rings. The first-order chi connectivity index (χ1) is 13.5. The Morgan fingerprint density at radius 2 is 1.79 bits per heavy atom. The fraction of sp³-hybridized carbons (Fsp3) is 0.350. The van der Waals surface area contributed by atoms with Crippen LogP contribution in [0.2, 0.25) is 0 Å². The number of benzene rings is 2. The van der Waals surface area contributed by atoms with Gasteiger partial charge >= 0.3 is 6.61 Å².